The molecule has 0 aromatic carbocycles. The number of nitrogens with zero attached hydrogens (tertiary/aromatic N) is 2. The second kappa shape index (κ2) is 9.02. The number of pyridine rings is 1. The van der Waals surface area contributed by atoms with E-state index in [1.54, 1.807) is 19.1 Å². The normalized spacial score (nSPS) is 10.4. The molecule has 0 fully saturated rings. The van der Waals surface area contributed by atoms with Gasteiger partial charge in [-0.25, -0.2) is 4.98 Å². The van der Waals surface area contributed by atoms with Crippen molar-refractivity contribution in [1.29, 1.82) is 0 Å². The number of esters is 1. The third-order valence-corrected chi connectivity index (χ3v) is 2.75. The monoisotopic (exact) mass is 308 g/mol. The van der Waals surface area contributed by atoms with Gasteiger partial charge in [-0.3, -0.25) is 9.59 Å². The summed E-state index contributed by atoms with van der Waals surface area (Å²) in [5, 5.41) is 0. The van der Waals surface area contributed by atoms with Crippen molar-refractivity contribution < 1.29 is 19.1 Å². The standard InChI is InChI=1S/C16H24N2O4/c1-5-9-18(11-15(19)21-6-2)16(20)13-7-8-14(17-10-13)22-12(3)4/h7-8,10,12H,5-6,9,11H2,1-4H3. The van der Waals surface area contributed by atoms with Crippen molar-refractivity contribution in [1.82, 2.24) is 9.88 Å². The van der Waals surface area contributed by atoms with Gasteiger partial charge in [0.15, 0.2) is 0 Å². The molecule has 0 spiro atoms. The van der Waals surface area contributed by atoms with Crippen molar-refractivity contribution in [3.05, 3.63) is 23.9 Å². The number of carbonyl (C=O) groups excluding carboxylic acids is 2. The molecule has 122 valence electrons. The summed E-state index contributed by atoms with van der Waals surface area (Å²) < 4.78 is 10.3. The molecule has 0 aliphatic carbocycles. The molecule has 6 nitrogen and oxygen atoms in total. The summed E-state index contributed by atoms with van der Waals surface area (Å²) >= 11 is 0. The summed E-state index contributed by atoms with van der Waals surface area (Å²) in [6.07, 6.45) is 2.25. The van der Waals surface area contributed by atoms with E-state index in [9.17, 15) is 9.59 Å². The molecule has 0 aliphatic heterocycles. The fourth-order valence-electron chi connectivity index (χ4n) is 1.89. The SMILES string of the molecule is CCCN(CC(=O)OCC)C(=O)c1ccc(OC(C)C)nc1. The van der Waals surface area contributed by atoms with Crippen molar-refractivity contribution in [2.24, 2.45) is 0 Å². The first-order valence-corrected chi connectivity index (χ1v) is 7.55. The second-order valence-electron chi connectivity index (χ2n) is 5.08. The number of hydrogen-bond donors (Lipinski definition) is 0. The van der Waals surface area contributed by atoms with Crippen molar-refractivity contribution in [2.45, 2.75) is 40.2 Å². The van der Waals surface area contributed by atoms with Gasteiger partial charge in [0, 0.05) is 18.8 Å². The molecule has 1 rings (SSSR count). The van der Waals surface area contributed by atoms with Gasteiger partial charge >= 0.3 is 5.97 Å². The van der Waals surface area contributed by atoms with Crippen LogP contribution in [0.15, 0.2) is 18.3 Å². The smallest absolute Gasteiger partial charge is 0.325 e. The first-order chi connectivity index (χ1) is 10.5. The Labute approximate surface area is 131 Å². The molecule has 0 unspecified atom stereocenters. The molecule has 1 aromatic heterocycles. The van der Waals surface area contributed by atoms with E-state index < -0.39 is 5.97 Å². The predicted molar refractivity (Wildman–Crippen MR) is 82.8 cm³/mol. The fraction of sp³-hybridized carbons (Fsp3) is 0.562. The molecule has 0 N–H and O–H groups in total. The molecule has 0 bridgehead atoms. The summed E-state index contributed by atoms with van der Waals surface area (Å²) in [6.45, 7) is 8.24. The molecule has 6 heteroatoms. The molecule has 0 saturated carbocycles. The maximum Gasteiger partial charge on any atom is 0.325 e. The third-order valence-electron chi connectivity index (χ3n) is 2.75. The quantitative estimate of drug-likeness (QED) is 0.689. The van der Waals surface area contributed by atoms with Crippen LogP contribution in [0.2, 0.25) is 0 Å². The highest BCUT2D eigenvalue weighted by molar-refractivity contribution is 5.95. The largest absolute Gasteiger partial charge is 0.475 e. The van der Waals surface area contributed by atoms with Crippen LogP contribution in [-0.2, 0) is 9.53 Å². The first-order valence-electron chi connectivity index (χ1n) is 7.55. The minimum Gasteiger partial charge on any atom is -0.475 e. The zero-order chi connectivity index (χ0) is 16.5. The van der Waals surface area contributed by atoms with Crippen LogP contribution < -0.4 is 4.74 Å². The second-order valence-corrected chi connectivity index (χ2v) is 5.08. The van der Waals surface area contributed by atoms with E-state index in [4.69, 9.17) is 9.47 Å². The van der Waals surface area contributed by atoms with Crippen molar-refractivity contribution in [2.75, 3.05) is 19.7 Å². The fourth-order valence-corrected chi connectivity index (χ4v) is 1.89. The van der Waals surface area contributed by atoms with Gasteiger partial charge in [-0.1, -0.05) is 6.92 Å². The maximum absolute atomic E-state index is 12.4. The van der Waals surface area contributed by atoms with E-state index in [0.29, 0.717) is 24.6 Å². The Morgan fingerprint density at radius 3 is 2.50 bits per heavy atom. The first kappa shape index (κ1) is 17.9. The average molecular weight is 308 g/mol. The van der Waals surface area contributed by atoms with E-state index in [1.165, 1.54) is 11.1 Å². The zero-order valence-electron chi connectivity index (χ0n) is 13.7. The van der Waals surface area contributed by atoms with Crippen molar-refractivity contribution >= 4 is 11.9 Å². The Morgan fingerprint density at radius 2 is 2.00 bits per heavy atom. The Kier molecular flexibility index (Phi) is 7.36. The van der Waals surface area contributed by atoms with Crippen LogP contribution in [0.5, 0.6) is 5.88 Å². The van der Waals surface area contributed by atoms with Gasteiger partial charge in [0.2, 0.25) is 5.88 Å². The van der Waals surface area contributed by atoms with E-state index in [2.05, 4.69) is 4.98 Å². The topological polar surface area (TPSA) is 68.7 Å². The van der Waals surface area contributed by atoms with Crippen LogP contribution in [0, 0.1) is 0 Å². The van der Waals surface area contributed by atoms with E-state index in [0.717, 1.165) is 6.42 Å². The molecule has 0 atom stereocenters. The van der Waals surface area contributed by atoms with Gasteiger partial charge < -0.3 is 14.4 Å². The van der Waals surface area contributed by atoms with E-state index in [-0.39, 0.29) is 18.6 Å². The molecule has 0 radical (unpaired) electrons. The summed E-state index contributed by atoms with van der Waals surface area (Å²) in [4.78, 5) is 29.6. The number of ether oxygens (including phenoxy) is 2. The number of hydrogen-bond acceptors (Lipinski definition) is 5. The summed E-state index contributed by atoms with van der Waals surface area (Å²) in [7, 11) is 0. The Morgan fingerprint density at radius 1 is 1.27 bits per heavy atom. The summed E-state index contributed by atoms with van der Waals surface area (Å²) in [5.74, 6) is -0.172. The van der Waals surface area contributed by atoms with Crippen LogP contribution in [0.3, 0.4) is 0 Å². The lowest BCUT2D eigenvalue weighted by molar-refractivity contribution is -0.143. The molecular formula is C16H24N2O4. The number of aromatic nitrogens is 1. The van der Waals surface area contributed by atoms with E-state index >= 15 is 0 Å². The molecule has 1 heterocycles. The number of rotatable bonds is 8. The van der Waals surface area contributed by atoms with Gasteiger partial charge in [-0.15, -0.1) is 0 Å². The summed E-state index contributed by atoms with van der Waals surface area (Å²) in [6, 6.07) is 3.31. The van der Waals surface area contributed by atoms with Gasteiger partial charge in [0.1, 0.15) is 6.54 Å². The Bertz CT molecular complexity index is 485. The minimum atomic E-state index is -0.406. The highest BCUT2D eigenvalue weighted by Gasteiger charge is 2.19. The van der Waals surface area contributed by atoms with Crippen LogP contribution in [0.1, 0.15) is 44.5 Å². The van der Waals surface area contributed by atoms with Crippen LogP contribution in [0.25, 0.3) is 0 Å². The lowest BCUT2D eigenvalue weighted by Crippen LogP contribution is -2.37. The van der Waals surface area contributed by atoms with Crippen molar-refractivity contribution in [3.8, 4) is 5.88 Å². The molecular weight excluding hydrogens is 284 g/mol. The summed E-state index contributed by atoms with van der Waals surface area (Å²) in [5.41, 5.74) is 0.425. The molecule has 22 heavy (non-hydrogen) atoms. The van der Waals surface area contributed by atoms with Crippen LogP contribution >= 0.6 is 0 Å². The zero-order valence-corrected chi connectivity index (χ0v) is 13.7. The predicted octanol–water partition coefficient (Wildman–Crippen LogP) is 2.28. The Balaban J connectivity index is 2.78. The lowest BCUT2D eigenvalue weighted by Gasteiger charge is -2.21. The Hall–Kier alpha value is -2.11. The number of carbonyl (C=O) groups is 2. The lowest BCUT2D eigenvalue weighted by atomic mass is 10.2. The van der Waals surface area contributed by atoms with Gasteiger partial charge in [-0.05, 0) is 33.3 Å². The molecule has 1 aromatic rings. The minimum absolute atomic E-state index is 0.0226. The highest BCUT2D eigenvalue weighted by Crippen LogP contribution is 2.12. The third kappa shape index (κ3) is 5.71. The number of amides is 1. The van der Waals surface area contributed by atoms with Gasteiger partial charge in [-0.2, -0.15) is 0 Å². The maximum atomic E-state index is 12.4. The molecule has 0 aliphatic rings. The van der Waals surface area contributed by atoms with Gasteiger partial charge in [0.25, 0.3) is 5.91 Å². The van der Waals surface area contributed by atoms with Crippen LogP contribution in [0.4, 0.5) is 0 Å². The van der Waals surface area contributed by atoms with Crippen molar-refractivity contribution in [3.63, 3.8) is 0 Å². The average Bonchev–Trinajstić information content (AvgIpc) is 2.46. The molecule has 1 amide bonds. The van der Waals surface area contributed by atoms with Crippen LogP contribution in [-0.4, -0.2) is 47.6 Å². The van der Waals surface area contributed by atoms with E-state index in [1.807, 2.05) is 20.8 Å². The van der Waals surface area contributed by atoms with Gasteiger partial charge in [0.05, 0.1) is 18.3 Å². The highest BCUT2D eigenvalue weighted by atomic mass is 16.5. The molecule has 0 saturated heterocycles.